The summed E-state index contributed by atoms with van der Waals surface area (Å²) in [5.74, 6) is -0.119. The van der Waals surface area contributed by atoms with Crippen molar-refractivity contribution in [2.24, 2.45) is 5.73 Å². The second kappa shape index (κ2) is 5.07. The molecule has 3 nitrogen and oxygen atoms in total. The maximum absolute atomic E-state index is 11.8. The number of anilines is 1. The van der Waals surface area contributed by atoms with Gasteiger partial charge in [-0.2, -0.15) is 0 Å². The molecule has 3 N–H and O–H groups in total. The predicted molar refractivity (Wildman–Crippen MR) is 72.4 cm³/mol. The van der Waals surface area contributed by atoms with Crippen LogP contribution < -0.4 is 11.1 Å². The number of aryl methyl sites for hydroxylation is 2. The van der Waals surface area contributed by atoms with Crippen molar-refractivity contribution in [3.63, 3.8) is 0 Å². The van der Waals surface area contributed by atoms with Gasteiger partial charge >= 0.3 is 0 Å². The van der Waals surface area contributed by atoms with Gasteiger partial charge in [-0.05, 0) is 44.9 Å². The van der Waals surface area contributed by atoms with E-state index in [1.807, 2.05) is 39.8 Å². The number of halogens is 1. The van der Waals surface area contributed by atoms with Gasteiger partial charge in [0, 0.05) is 12.0 Å². The zero-order chi connectivity index (χ0) is 13.2. The van der Waals surface area contributed by atoms with E-state index in [0.717, 1.165) is 11.1 Å². The van der Waals surface area contributed by atoms with Gasteiger partial charge in [0.2, 0.25) is 5.91 Å². The summed E-state index contributed by atoms with van der Waals surface area (Å²) in [4.78, 5) is 11.8. The molecule has 1 aromatic rings. The van der Waals surface area contributed by atoms with E-state index in [4.69, 9.17) is 17.3 Å². The second-order valence-corrected chi connectivity index (χ2v) is 5.56. The summed E-state index contributed by atoms with van der Waals surface area (Å²) in [6.07, 6.45) is 0.261. The van der Waals surface area contributed by atoms with Gasteiger partial charge in [0.05, 0.1) is 10.7 Å². The van der Waals surface area contributed by atoms with E-state index in [9.17, 15) is 4.79 Å². The van der Waals surface area contributed by atoms with Crippen LogP contribution in [0.25, 0.3) is 0 Å². The van der Waals surface area contributed by atoms with Gasteiger partial charge in [-0.25, -0.2) is 0 Å². The molecule has 94 valence electrons. The molecule has 1 rings (SSSR count). The first kappa shape index (κ1) is 14.0. The van der Waals surface area contributed by atoms with Crippen molar-refractivity contribution in [1.29, 1.82) is 0 Å². The third kappa shape index (κ3) is 4.36. The molecular weight excluding hydrogens is 236 g/mol. The third-order valence-corrected chi connectivity index (χ3v) is 2.61. The number of rotatable bonds is 3. The van der Waals surface area contributed by atoms with E-state index in [1.165, 1.54) is 0 Å². The molecule has 0 bridgehead atoms. The van der Waals surface area contributed by atoms with E-state index < -0.39 is 5.54 Å². The fraction of sp³-hybridized carbons (Fsp3) is 0.462. The van der Waals surface area contributed by atoms with Gasteiger partial charge in [0.15, 0.2) is 0 Å². The molecule has 0 radical (unpaired) electrons. The molecule has 0 fully saturated rings. The van der Waals surface area contributed by atoms with Gasteiger partial charge < -0.3 is 11.1 Å². The van der Waals surface area contributed by atoms with Crippen LogP contribution in [0.2, 0.25) is 5.02 Å². The number of carbonyl (C=O) groups is 1. The van der Waals surface area contributed by atoms with E-state index in [0.29, 0.717) is 10.7 Å². The first-order valence-corrected chi connectivity index (χ1v) is 5.92. The quantitative estimate of drug-likeness (QED) is 0.871. The molecular formula is C13H19ClN2O. The smallest absolute Gasteiger partial charge is 0.226 e. The number of hydrogen-bond acceptors (Lipinski definition) is 2. The Labute approximate surface area is 107 Å². The number of nitrogens with one attached hydrogen (secondary N) is 1. The van der Waals surface area contributed by atoms with Crippen LogP contribution >= 0.6 is 11.6 Å². The molecule has 0 aromatic heterocycles. The van der Waals surface area contributed by atoms with Crippen molar-refractivity contribution in [1.82, 2.24) is 0 Å². The van der Waals surface area contributed by atoms with Crippen LogP contribution in [-0.2, 0) is 4.79 Å². The molecule has 1 amide bonds. The molecule has 0 atom stereocenters. The van der Waals surface area contributed by atoms with Gasteiger partial charge in [0.25, 0.3) is 0 Å². The SMILES string of the molecule is Cc1cc(C)c(NC(=O)CC(C)(C)N)c(Cl)c1. The average Bonchev–Trinajstić information content (AvgIpc) is 2.08. The van der Waals surface area contributed by atoms with Crippen LogP contribution in [0.4, 0.5) is 5.69 Å². The topological polar surface area (TPSA) is 55.1 Å². The lowest BCUT2D eigenvalue weighted by molar-refractivity contribution is -0.117. The number of benzene rings is 1. The number of amides is 1. The summed E-state index contributed by atoms with van der Waals surface area (Å²) in [6.45, 7) is 7.52. The summed E-state index contributed by atoms with van der Waals surface area (Å²) in [7, 11) is 0. The molecule has 0 saturated heterocycles. The second-order valence-electron chi connectivity index (χ2n) is 5.15. The molecule has 0 saturated carbocycles. The minimum absolute atomic E-state index is 0.119. The van der Waals surface area contributed by atoms with E-state index in [-0.39, 0.29) is 12.3 Å². The Hall–Kier alpha value is -1.06. The number of nitrogens with two attached hydrogens (primary N) is 1. The van der Waals surface area contributed by atoms with Crippen LogP contribution in [0.15, 0.2) is 12.1 Å². The highest BCUT2D eigenvalue weighted by molar-refractivity contribution is 6.34. The normalized spacial score (nSPS) is 11.4. The highest BCUT2D eigenvalue weighted by Gasteiger charge is 2.17. The van der Waals surface area contributed by atoms with Crippen LogP contribution in [0.3, 0.4) is 0 Å². The average molecular weight is 255 g/mol. The molecule has 1 aromatic carbocycles. The molecule has 0 aliphatic carbocycles. The van der Waals surface area contributed by atoms with Crippen molar-refractivity contribution in [2.45, 2.75) is 39.7 Å². The Morgan fingerprint density at radius 3 is 2.47 bits per heavy atom. The number of carbonyl (C=O) groups excluding carboxylic acids is 1. The highest BCUT2D eigenvalue weighted by atomic mass is 35.5. The van der Waals surface area contributed by atoms with Crippen molar-refractivity contribution in [3.05, 3.63) is 28.3 Å². The minimum Gasteiger partial charge on any atom is -0.325 e. The van der Waals surface area contributed by atoms with Crippen LogP contribution in [0, 0.1) is 13.8 Å². The van der Waals surface area contributed by atoms with E-state index in [2.05, 4.69) is 5.32 Å². The lowest BCUT2D eigenvalue weighted by Gasteiger charge is -2.18. The van der Waals surface area contributed by atoms with Crippen molar-refractivity contribution in [3.8, 4) is 0 Å². The number of hydrogen-bond donors (Lipinski definition) is 2. The van der Waals surface area contributed by atoms with Crippen molar-refractivity contribution in [2.75, 3.05) is 5.32 Å². The Balaban J connectivity index is 2.86. The Morgan fingerprint density at radius 2 is 2.00 bits per heavy atom. The molecule has 0 heterocycles. The van der Waals surface area contributed by atoms with Gasteiger partial charge in [-0.15, -0.1) is 0 Å². The Bertz CT molecular complexity index is 413. The zero-order valence-corrected chi connectivity index (χ0v) is 11.5. The molecule has 0 spiro atoms. The maximum atomic E-state index is 11.8. The molecule has 0 aliphatic heterocycles. The fourth-order valence-electron chi connectivity index (χ4n) is 1.67. The first-order valence-electron chi connectivity index (χ1n) is 5.54. The Kier molecular flexibility index (Phi) is 4.17. The largest absolute Gasteiger partial charge is 0.325 e. The summed E-state index contributed by atoms with van der Waals surface area (Å²) < 4.78 is 0. The highest BCUT2D eigenvalue weighted by Crippen LogP contribution is 2.27. The summed E-state index contributed by atoms with van der Waals surface area (Å²) in [5, 5.41) is 3.37. The van der Waals surface area contributed by atoms with Crippen LogP contribution in [0.5, 0.6) is 0 Å². The lowest BCUT2D eigenvalue weighted by atomic mass is 10.0. The van der Waals surface area contributed by atoms with Crippen molar-refractivity contribution >= 4 is 23.2 Å². The van der Waals surface area contributed by atoms with Crippen molar-refractivity contribution < 1.29 is 4.79 Å². The Morgan fingerprint density at radius 1 is 1.41 bits per heavy atom. The van der Waals surface area contributed by atoms with Gasteiger partial charge in [-0.1, -0.05) is 17.7 Å². The maximum Gasteiger partial charge on any atom is 0.226 e. The molecule has 0 aliphatic rings. The zero-order valence-electron chi connectivity index (χ0n) is 10.7. The molecule has 4 heteroatoms. The lowest BCUT2D eigenvalue weighted by Crippen LogP contribution is -2.36. The third-order valence-electron chi connectivity index (χ3n) is 2.31. The summed E-state index contributed by atoms with van der Waals surface area (Å²) in [5.41, 5.74) is 7.98. The fourth-order valence-corrected chi connectivity index (χ4v) is 2.04. The van der Waals surface area contributed by atoms with E-state index >= 15 is 0 Å². The van der Waals surface area contributed by atoms with Crippen LogP contribution in [0.1, 0.15) is 31.4 Å². The van der Waals surface area contributed by atoms with Gasteiger partial charge in [0.1, 0.15) is 0 Å². The van der Waals surface area contributed by atoms with E-state index in [1.54, 1.807) is 0 Å². The standard InChI is InChI=1S/C13H19ClN2O/c1-8-5-9(2)12(10(14)6-8)16-11(17)7-13(3,4)15/h5-6H,7,15H2,1-4H3,(H,16,17). The first-order chi connectivity index (χ1) is 7.69. The monoisotopic (exact) mass is 254 g/mol. The predicted octanol–water partition coefficient (Wildman–Crippen LogP) is 3.02. The summed E-state index contributed by atoms with van der Waals surface area (Å²) in [6, 6.07) is 3.81. The minimum atomic E-state index is -0.519. The summed E-state index contributed by atoms with van der Waals surface area (Å²) >= 11 is 6.10. The molecule has 17 heavy (non-hydrogen) atoms. The molecule has 0 unspecified atom stereocenters. The van der Waals surface area contributed by atoms with Gasteiger partial charge in [-0.3, -0.25) is 4.79 Å². The van der Waals surface area contributed by atoms with Crippen LogP contribution in [-0.4, -0.2) is 11.4 Å².